The summed E-state index contributed by atoms with van der Waals surface area (Å²) in [5.74, 6) is 1.51. The normalized spacial score (nSPS) is 26.6. The number of fused-ring (bicyclic) bond motifs is 1. The van der Waals surface area contributed by atoms with Gasteiger partial charge >= 0.3 is 0 Å². The Hall–Kier alpha value is -0.980. The Morgan fingerprint density at radius 2 is 2.05 bits per heavy atom. The average molecular weight is 326 g/mol. The van der Waals surface area contributed by atoms with Gasteiger partial charge in [-0.3, -0.25) is 15.0 Å². The van der Waals surface area contributed by atoms with E-state index in [1.807, 2.05) is 6.07 Å². The molecule has 2 fully saturated rings. The Kier molecular flexibility index (Phi) is 3.56. The Morgan fingerprint density at radius 1 is 1.37 bits per heavy atom. The highest BCUT2D eigenvalue weighted by Gasteiger charge is 2.35. The Morgan fingerprint density at radius 3 is 2.68 bits per heavy atom. The van der Waals surface area contributed by atoms with Gasteiger partial charge in [0.25, 0.3) is 5.69 Å². The van der Waals surface area contributed by atoms with Crippen molar-refractivity contribution in [3.63, 3.8) is 0 Å². The molecule has 1 aromatic carbocycles. The third kappa shape index (κ3) is 2.66. The lowest BCUT2D eigenvalue weighted by Gasteiger charge is -2.16. The smallest absolute Gasteiger partial charge is 0.283 e. The lowest BCUT2D eigenvalue weighted by molar-refractivity contribution is -0.385. The third-order valence-corrected chi connectivity index (χ3v) is 4.75. The largest absolute Gasteiger partial charge is 0.316 e. The van der Waals surface area contributed by atoms with Crippen LogP contribution in [0, 0.1) is 22.0 Å². The lowest BCUT2D eigenvalue weighted by atomic mass is 10.0. The van der Waals surface area contributed by atoms with Gasteiger partial charge in [-0.05, 0) is 52.5 Å². The molecule has 2 unspecified atom stereocenters. The predicted octanol–water partition coefficient (Wildman–Crippen LogP) is 2.01. The van der Waals surface area contributed by atoms with E-state index in [1.54, 1.807) is 12.1 Å². The zero-order chi connectivity index (χ0) is 13.4. The first-order chi connectivity index (χ1) is 9.13. The van der Waals surface area contributed by atoms with Crippen LogP contribution in [0.3, 0.4) is 0 Å². The summed E-state index contributed by atoms with van der Waals surface area (Å²) in [6.07, 6.45) is 0. The van der Waals surface area contributed by atoms with Gasteiger partial charge in [-0.25, -0.2) is 0 Å². The summed E-state index contributed by atoms with van der Waals surface area (Å²) in [6.45, 7) is 5.23. The molecule has 1 aromatic rings. The average Bonchev–Trinajstić information content (AvgIpc) is 2.91. The fraction of sp³-hybridized carbons (Fsp3) is 0.538. The summed E-state index contributed by atoms with van der Waals surface area (Å²) in [5, 5.41) is 14.3. The van der Waals surface area contributed by atoms with E-state index >= 15 is 0 Å². The number of nitrogens with one attached hydrogen (secondary N) is 1. The molecule has 3 rings (SSSR count). The van der Waals surface area contributed by atoms with Gasteiger partial charge in [-0.15, -0.1) is 0 Å². The van der Waals surface area contributed by atoms with Crippen LogP contribution >= 0.6 is 15.9 Å². The molecular formula is C13H16BrN3O2. The third-order valence-electron chi connectivity index (χ3n) is 4.08. The zero-order valence-electron chi connectivity index (χ0n) is 10.5. The van der Waals surface area contributed by atoms with Gasteiger partial charge in [0.1, 0.15) is 0 Å². The van der Waals surface area contributed by atoms with Crippen LogP contribution in [0.1, 0.15) is 5.56 Å². The van der Waals surface area contributed by atoms with Gasteiger partial charge in [0, 0.05) is 25.7 Å². The molecule has 1 N–H and O–H groups in total. The summed E-state index contributed by atoms with van der Waals surface area (Å²) in [6, 6.07) is 5.41. The van der Waals surface area contributed by atoms with Crippen molar-refractivity contribution in [2.24, 2.45) is 11.8 Å². The maximum atomic E-state index is 10.9. The second-order valence-electron chi connectivity index (χ2n) is 5.42. The van der Waals surface area contributed by atoms with Crippen LogP contribution in [-0.2, 0) is 6.54 Å². The van der Waals surface area contributed by atoms with Crippen LogP contribution in [-0.4, -0.2) is 36.0 Å². The second kappa shape index (κ2) is 5.19. The SMILES string of the molecule is O=[N+]([O-])c1cc(CN2CC3CNCC3C2)ccc1Br. The Balaban J connectivity index is 1.70. The Labute approximate surface area is 120 Å². The molecule has 0 amide bonds. The first-order valence-electron chi connectivity index (χ1n) is 6.49. The molecule has 6 heteroatoms. The summed E-state index contributed by atoms with van der Waals surface area (Å²) < 4.78 is 0.545. The van der Waals surface area contributed by atoms with Crippen molar-refractivity contribution in [3.8, 4) is 0 Å². The number of rotatable bonds is 3. The molecular weight excluding hydrogens is 310 g/mol. The molecule has 0 spiro atoms. The molecule has 2 atom stereocenters. The van der Waals surface area contributed by atoms with E-state index in [4.69, 9.17) is 0 Å². The van der Waals surface area contributed by atoms with Crippen LogP contribution < -0.4 is 5.32 Å². The van der Waals surface area contributed by atoms with E-state index in [1.165, 1.54) is 0 Å². The van der Waals surface area contributed by atoms with Crippen molar-refractivity contribution < 1.29 is 4.92 Å². The molecule has 0 aromatic heterocycles. The minimum Gasteiger partial charge on any atom is -0.316 e. The molecule has 0 aliphatic carbocycles. The van der Waals surface area contributed by atoms with Gasteiger partial charge < -0.3 is 5.32 Å². The van der Waals surface area contributed by atoms with Gasteiger partial charge in [0.15, 0.2) is 0 Å². The number of hydrogen-bond donors (Lipinski definition) is 1. The number of nitro groups is 1. The second-order valence-corrected chi connectivity index (χ2v) is 6.27. The summed E-state index contributed by atoms with van der Waals surface area (Å²) in [7, 11) is 0. The van der Waals surface area contributed by atoms with E-state index in [0.717, 1.165) is 50.1 Å². The van der Waals surface area contributed by atoms with Crippen molar-refractivity contribution in [2.45, 2.75) is 6.54 Å². The molecule has 2 aliphatic heterocycles. The van der Waals surface area contributed by atoms with Crippen LogP contribution in [0.2, 0.25) is 0 Å². The minimum absolute atomic E-state index is 0.151. The topological polar surface area (TPSA) is 58.4 Å². The van der Waals surface area contributed by atoms with Crippen LogP contribution in [0.5, 0.6) is 0 Å². The van der Waals surface area contributed by atoms with Crippen molar-refractivity contribution in [1.82, 2.24) is 10.2 Å². The summed E-state index contributed by atoms with van der Waals surface area (Å²) >= 11 is 3.22. The van der Waals surface area contributed by atoms with E-state index in [0.29, 0.717) is 4.47 Å². The van der Waals surface area contributed by atoms with Gasteiger partial charge in [-0.1, -0.05) is 6.07 Å². The molecule has 2 saturated heterocycles. The van der Waals surface area contributed by atoms with Crippen molar-refractivity contribution in [2.75, 3.05) is 26.2 Å². The fourth-order valence-electron chi connectivity index (χ4n) is 3.14. The van der Waals surface area contributed by atoms with E-state index in [9.17, 15) is 10.1 Å². The molecule has 19 heavy (non-hydrogen) atoms. The minimum atomic E-state index is -0.337. The molecule has 5 nitrogen and oxygen atoms in total. The summed E-state index contributed by atoms with van der Waals surface area (Å²) in [5.41, 5.74) is 1.17. The fourth-order valence-corrected chi connectivity index (χ4v) is 3.53. The molecule has 102 valence electrons. The quantitative estimate of drug-likeness (QED) is 0.682. The van der Waals surface area contributed by atoms with Crippen LogP contribution in [0.25, 0.3) is 0 Å². The van der Waals surface area contributed by atoms with Gasteiger partial charge in [0.2, 0.25) is 0 Å². The first-order valence-corrected chi connectivity index (χ1v) is 7.28. The molecule has 2 aliphatic rings. The molecule has 2 heterocycles. The number of benzene rings is 1. The number of nitrogens with zero attached hydrogens (tertiary/aromatic N) is 2. The van der Waals surface area contributed by atoms with Gasteiger partial charge in [0.05, 0.1) is 9.40 Å². The maximum absolute atomic E-state index is 10.9. The Bertz CT molecular complexity index is 497. The van der Waals surface area contributed by atoms with Crippen LogP contribution in [0.4, 0.5) is 5.69 Å². The number of halogens is 1. The predicted molar refractivity (Wildman–Crippen MR) is 75.9 cm³/mol. The monoisotopic (exact) mass is 325 g/mol. The summed E-state index contributed by atoms with van der Waals surface area (Å²) in [4.78, 5) is 13.0. The molecule has 0 saturated carbocycles. The van der Waals surface area contributed by atoms with E-state index < -0.39 is 0 Å². The van der Waals surface area contributed by atoms with Crippen LogP contribution in [0.15, 0.2) is 22.7 Å². The highest BCUT2D eigenvalue weighted by atomic mass is 79.9. The van der Waals surface area contributed by atoms with Crippen molar-refractivity contribution in [3.05, 3.63) is 38.3 Å². The maximum Gasteiger partial charge on any atom is 0.283 e. The van der Waals surface area contributed by atoms with Gasteiger partial charge in [-0.2, -0.15) is 0 Å². The van der Waals surface area contributed by atoms with E-state index in [2.05, 4.69) is 26.1 Å². The number of likely N-dealkylation sites (tertiary alicyclic amines) is 1. The number of nitro benzene ring substituents is 1. The highest BCUT2D eigenvalue weighted by Crippen LogP contribution is 2.30. The zero-order valence-corrected chi connectivity index (χ0v) is 12.1. The van der Waals surface area contributed by atoms with Crippen molar-refractivity contribution in [1.29, 1.82) is 0 Å². The number of hydrogen-bond acceptors (Lipinski definition) is 4. The molecule has 0 bridgehead atoms. The lowest BCUT2D eigenvalue weighted by Crippen LogP contribution is -2.25. The molecule has 0 radical (unpaired) electrons. The first kappa shape index (κ1) is 13.0. The van der Waals surface area contributed by atoms with E-state index in [-0.39, 0.29) is 10.6 Å². The van der Waals surface area contributed by atoms with Crippen molar-refractivity contribution >= 4 is 21.6 Å². The standard InChI is InChI=1S/C13H16BrN3O2/c14-12-2-1-9(3-13(12)17(18)19)6-16-7-10-4-15-5-11(10)8-16/h1-3,10-11,15H,4-8H2. The highest BCUT2D eigenvalue weighted by molar-refractivity contribution is 9.10.